The van der Waals surface area contributed by atoms with Crippen LogP contribution in [0.25, 0.3) is 16.7 Å². The summed E-state index contributed by atoms with van der Waals surface area (Å²) in [7, 11) is 0. The van der Waals surface area contributed by atoms with Crippen molar-refractivity contribution in [1.82, 2.24) is 0 Å². The van der Waals surface area contributed by atoms with E-state index in [2.05, 4.69) is 80.5 Å². The molecule has 1 aliphatic carbocycles. The van der Waals surface area contributed by atoms with Gasteiger partial charge in [0.25, 0.3) is 0 Å². The summed E-state index contributed by atoms with van der Waals surface area (Å²) in [5.74, 6) is 0. The minimum absolute atomic E-state index is 0.176. The number of fused-ring (bicyclic) bond motifs is 3. The van der Waals surface area contributed by atoms with Gasteiger partial charge in [0.15, 0.2) is 0 Å². The first-order valence-corrected chi connectivity index (χ1v) is 8.19. The van der Waals surface area contributed by atoms with E-state index in [1.807, 2.05) is 0 Å². The van der Waals surface area contributed by atoms with Gasteiger partial charge in [-0.3, -0.25) is 0 Å². The van der Waals surface area contributed by atoms with Crippen LogP contribution in [0, 0.1) is 0 Å². The molecule has 0 unspecified atom stereocenters. The van der Waals surface area contributed by atoms with E-state index in [-0.39, 0.29) is 5.41 Å². The van der Waals surface area contributed by atoms with E-state index in [0.717, 1.165) is 12.0 Å². The normalized spacial score (nSPS) is 13.0. The van der Waals surface area contributed by atoms with Gasteiger partial charge in [0, 0.05) is 4.47 Å². The molecule has 0 nitrogen and oxygen atoms in total. The first-order chi connectivity index (χ1) is 9.77. The second-order valence-corrected chi connectivity index (χ2v) is 7.93. The summed E-state index contributed by atoms with van der Waals surface area (Å²) in [5.41, 5.74) is 9.52. The maximum atomic E-state index is 4.05. The van der Waals surface area contributed by atoms with Gasteiger partial charge in [-0.25, -0.2) is 0 Å². The van der Waals surface area contributed by atoms with Crippen molar-refractivity contribution in [2.75, 3.05) is 0 Å². The van der Waals surface area contributed by atoms with Crippen molar-refractivity contribution in [2.24, 2.45) is 0 Å². The SMILES string of the molecule is C=C(C)c1ccc2c(c1)Cc1cc(C(C)(C)C)cc(Br)c1-2. The third kappa shape index (κ3) is 2.48. The van der Waals surface area contributed by atoms with Crippen molar-refractivity contribution < 1.29 is 0 Å². The van der Waals surface area contributed by atoms with Crippen molar-refractivity contribution in [3.63, 3.8) is 0 Å². The van der Waals surface area contributed by atoms with Crippen LogP contribution in [0.3, 0.4) is 0 Å². The average Bonchev–Trinajstić information content (AvgIpc) is 2.74. The summed E-state index contributed by atoms with van der Waals surface area (Å²) in [4.78, 5) is 0. The fraction of sp³-hybridized carbons (Fsp3) is 0.300. The lowest BCUT2D eigenvalue weighted by Crippen LogP contribution is -2.11. The number of benzene rings is 2. The van der Waals surface area contributed by atoms with E-state index < -0.39 is 0 Å². The molecule has 0 radical (unpaired) electrons. The maximum absolute atomic E-state index is 4.05. The molecule has 108 valence electrons. The molecule has 0 N–H and O–H groups in total. The van der Waals surface area contributed by atoms with E-state index in [1.165, 1.54) is 37.9 Å². The Morgan fingerprint density at radius 1 is 1.10 bits per heavy atom. The van der Waals surface area contributed by atoms with Crippen molar-refractivity contribution in [1.29, 1.82) is 0 Å². The molecular formula is C20H21Br. The van der Waals surface area contributed by atoms with Gasteiger partial charge in [0.1, 0.15) is 0 Å². The molecule has 0 heterocycles. The van der Waals surface area contributed by atoms with Gasteiger partial charge in [-0.2, -0.15) is 0 Å². The van der Waals surface area contributed by atoms with E-state index in [4.69, 9.17) is 0 Å². The summed E-state index contributed by atoms with van der Waals surface area (Å²) in [6, 6.07) is 11.4. The zero-order valence-electron chi connectivity index (χ0n) is 13.2. The van der Waals surface area contributed by atoms with Crippen LogP contribution < -0.4 is 0 Å². The molecule has 1 heteroatoms. The van der Waals surface area contributed by atoms with Gasteiger partial charge >= 0.3 is 0 Å². The van der Waals surface area contributed by atoms with Crippen LogP contribution in [0.4, 0.5) is 0 Å². The van der Waals surface area contributed by atoms with Crippen LogP contribution in [0.1, 0.15) is 49.9 Å². The molecule has 1 aliphatic rings. The standard InChI is InChI=1S/C20H21Br/c1-12(2)13-6-7-17-14(8-13)9-15-10-16(20(3,4)5)11-18(21)19(15)17/h6-8,10-11H,1,9H2,2-5H3. The Balaban J connectivity index is 2.15. The predicted octanol–water partition coefficient (Wildman–Crippen LogP) is 6.35. The molecule has 0 saturated heterocycles. The molecule has 0 aromatic heterocycles. The Morgan fingerprint density at radius 3 is 2.43 bits per heavy atom. The van der Waals surface area contributed by atoms with Crippen molar-refractivity contribution in [3.05, 3.63) is 63.6 Å². The molecule has 3 rings (SSSR count). The first kappa shape index (κ1) is 14.6. The van der Waals surface area contributed by atoms with Crippen LogP contribution in [0.5, 0.6) is 0 Å². The molecule has 0 aliphatic heterocycles. The highest BCUT2D eigenvalue weighted by Gasteiger charge is 2.24. The van der Waals surface area contributed by atoms with Gasteiger partial charge in [0.05, 0.1) is 0 Å². The molecule has 0 amide bonds. The molecule has 0 atom stereocenters. The first-order valence-electron chi connectivity index (χ1n) is 7.39. The number of hydrogen-bond acceptors (Lipinski definition) is 0. The lowest BCUT2D eigenvalue weighted by atomic mass is 9.85. The van der Waals surface area contributed by atoms with E-state index in [0.29, 0.717) is 0 Å². The van der Waals surface area contributed by atoms with Crippen LogP contribution in [-0.4, -0.2) is 0 Å². The number of halogens is 1. The van der Waals surface area contributed by atoms with Crippen molar-refractivity contribution in [2.45, 2.75) is 39.5 Å². The maximum Gasteiger partial charge on any atom is 0.0259 e. The minimum atomic E-state index is 0.176. The Bertz CT molecular complexity index is 745. The Labute approximate surface area is 136 Å². The van der Waals surface area contributed by atoms with Crippen LogP contribution in [0.15, 0.2) is 41.4 Å². The minimum Gasteiger partial charge on any atom is -0.0955 e. The summed E-state index contributed by atoms with van der Waals surface area (Å²) in [6.07, 6.45) is 1.02. The van der Waals surface area contributed by atoms with E-state index in [1.54, 1.807) is 0 Å². The summed E-state index contributed by atoms with van der Waals surface area (Å²) >= 11 is 3.79. The van der Waals surface area contributed by atoms with Gasteiger partial charge in [0.2, 0.25) is 0 Å². The van der Waals surface area contributed by atoms with Crippen molar-refractivity contribution in [3.8, 4) is 11.1 Å². The monoisotopic (exact) mass is 340 g/mol. The summed E-state index contributed by atoms with van der Waals surface area (Å²) < 4.78 is 1.21. The summed E-state index contributed by atoms with van der Waals surface area (Å²) in [5, 5.41) is 0. The average molecular weight is 341 g/mol. The van der Waals surface area contributed by atoms with E-state index in [9.17, 15) is 0 Å². The molecule has 0 bridgehead atoms. The molecule has 0 spiro atoms. The molecule has 21 heavy (non-hydrogen) atoms. The second kappa shape index (κ2) is 4.84. The molecule has 2 aromatic rings. The zero-order chi connectivity index (χ0) is 15.4. The lowest BCUT2D eigenvalue weighted by Gasteiger charge is -2.21. The highest BCUT2D eigenvalue weighted by atomic mass is 79.9. The second-order valence-electron chi connectivity index (χ2n) is 7.07. The highest BCUT2D eigenvalue weighted by Crippen LogP contribution is 2.44. The zero-order valence-corrected chi connectivity index (χ0v) is 14.8. The number of hydrogen-bond donors (Lipinski definition) is 0. The van der Waals surface area contributed by atoms with Gasteiger partial charge in [-0.05, 0) is 58.2 Å². The topological polar surface area (TPSA) is 0 Å². The highest BCUT2D eigenvalue weighted by molar-refractivity contribution is 9.10. The fourth-order valence-electron chi connectivity index (χ4n) is 2.99. The predicted molar refractivity (Wildman–Crippen MR) is 95.8 cm³/mol. The quantitative estimate of drug-likeness (QED) is 0.484. The largest absolute Gasteiger partial charge is 0.0955 e. The van der Waals surface area contributed by atoms with Gasteiger partial charge < -0.3 is 0 Å². The van der Waals surface area contributed by atoms with Crippen LogP contribution in [0.2, 0.25) is 0 Å². The Kier molecular flexibility index (Phi) is 3.37. The number of allylic oxidation sites excluding steroid dienone is 1. The third-order valence-electron chi connectivity index (χ3n) is 4.29. The third-order valence-corrected chi connectivity index (χ3v) is 4.91. The molecule has 0 saturated carbocycles. The Morgan fingerprint density at radius 2 is 1.81 bits per heavy atom. The summed E-state index contributed by atoms with van der Waals surface area (Å²) in [6.45, 7) is 12.9. The molecule has 2 aromatic carbocycles. The lowest BCUT2D eigenvalue weighted by molar-refractivity contribution is 0.589. The van der Waals surface area contributed by atoms with Crippen molar-refractivity contribution >= 4 is 21.5 Å². The molecule has 0 fully saturated rings. The van der Waals surface area contributed by atoms with Gasteiger partial charge in [-0.1, -0.05) is 73.1 Å². The number of rotatable bonds is 1. The fourth-order valence-corrected chi connectivity index (χ4v) is 3.71. The van der Waals surface area contributed by atoms with E-state index >= 15 is 0 Å². The Hall–Kier alpha value is -1.34. The molecular weight excluding hydrogens is 320 g/mol. The van der Waals surface area contributed by atoms with Crippen LogP contribution >= 0.6 is 15.9 Å². The smallest absolute Gasteiger partial charge is 0.0259 e. The van der Waals surface area contributed by atoms with Crippen LogP contribution in [-0.2, 0) is 11.8 Å². The van der Waals surface area contributed by atoms with Gasteiger partial charge in [-0.15, -0.1) is 0 Å².